The number of aromatic nitrogens is 2. The van der Waals surface area contributed by atoms with Crippen LogP contribution in [-0.2, 0) is 4.74 Å². The first-order valence-electron chi connectivity index (χ1n) is 7.22. The highest BCUT2D eigenvalue weighted by molar-refractivity contribution is 5.96. The van der Waals surface area contributed by atoms with Crippen LogP contribution in [0.3, 0.4) is 0 Å². The van der Waals surface area contributed by atoms with Crippen molar-refractivity contribution in [1.29, 1.82) is 0 Å². The maximum absolute atomic E-state index is 11.8. The molecule has 1 N–H and O–H groups in total. The molecule has 116 valence electrons. The molecule has 1 aromatic carbocycles. The van der Waals surface area contributed by atoms with Crippen molar-refractivity contribution in [3.63, 3.8) is 0 Å². The molecule has 1 aromatic heterocycles. The lowest BCUT2D eigenvalue weighted by atomic mass is 10.2. The molecule has 0 aliphatic heterocycles. The number of hydrogen-bond donors (Lipinski definition) is 1. The molecular weight excluding hydrogens is 280 g/mol. The van der Waals surface area contributed by atoms with E-state index in [9.17, 15) is 4.79 Å². The van der Waals surface area contributed by atoms with Crippen LogP contribution in [0.25, 0.3) is 0 Å². The molecule has 0 saturated carbocycles. The number of nitrogens with one attached hydrogen (secondary N) is 1. The number of nitrogens with zero attached hydrogens (tertiary/aromatic N) is 3. The number of anilines is 3. The summed E-state index contributed by atoms with van der Waals surface area (Å²) in [7, 11) is 1.36. The van der Waals surface area contributed by atoms with E-state index in [1.165, 1.54) is 7.11 Å². The Morgan fingerprint density at radius 1 is 1.23 bits per heavy atom. The summed E-state index contributed by atoms with van der Waals surface area (Å²) in [6.45, 7) is 5.88. The monoisotopic (exact) mass is 300 g/mol. The van der Waals surface area contributed by atoms with Gasteiger partial charge in [0.2, 0.25) is 5.95 Å². The minimum Gasteiger partial charge on any atom is -0.465 e. The number of rotatable bonds is 6. The average Bonchev–Trinajstić information content (AvgIpc) is 2.56. The normalized spacial score (nSPS) is 10.1. The van der Waals surface area contributed by atoms with E-state index in [4.69, 9.17) is 4.74 Å². The summed E-state index contributed by atoms with van der Waals surface area (Å²) in [6.07, 6.45) is 1.70. The lowest BCUT2D eigenvalue weighted by molar-refractivity contribution is 0.0602. The van der Waals surface area contributed by atoms with Crippen LogP contribution in [0.4, 0.5) is 17.5 Å². The van der Waals surface area contributed by atoms with Gasteiger partial charge in [-0.1, -0.05) is 12.1 Å². The molecular formula is C16H20N4O2. The third-order valence-corrected chi connectivity index (χ3v) is 3.31. The molecule has 0 aliphatic carbocycles. The number of esters is 1. The van der Waals surface area contributed by atoms with Gasteiger partial charge in [0.1, 0.15) is 5.82 Å². The molecule has 0 fully saturated rings. The van der Waals surface area contributed by atoms with E-state index in [2.05, 4.69) is 34.0 Å². The molecule has 0 spiro atoms. The van der Waals surface area contributed by atoms with Crippen molar-refractivity contribution in [1.82, 2.24) is 9.97 Å². The zero-order valence-electron chi connectivity index (χ0n) is 13.0. The first-order valence-corrected chi connectivity index (χ1v) is 7.22. The Balaban J connectivity index is 2.28. The number of para-hydroxylation sites is 1. The molecule has 6 nitrogen and oxygen atoms in total. The van der Waals surface area contributed by atoms with Gasteiger partial charge in [-0.15, -0.1) is 0 Å². The summed E-state index contributed by atoms with van der Waals surface area (Å²) in [6, 6.07) is 8.97. The van der Waals surface area contributed by atoms with E-state index in [1.807, 2.05) is 12.1 Å². The fraction of sp³-hybridized carbons (Fsp3) is 0.312. The second-order valence-corrected chi connectivity index (χ2v) is 4.57. The minimum absolute atomic E-state index is 0.400. The van der Waals surface area contributed by atoms with Gasteiger partial charge in [0.05, 0.1) is 18.4 Å². The first kappa shape index (κ1) is 15.8. The van der Waals surface area contributed by atoms with Crippen LogP contribution in [0.2, 0.25) is 0 Å². The van der Waals surface area contributed by atoms with Gasteiger partial charge in [-0.3, -0.25) is 0 Å². The predicted octanol–water partition coefficient (Wildman–Crippen LogP) is 2.85. The van der Waals surface area contributed by atoms with Gasteiger partial charge in [-0.05, 0) is 32.0 Å². The highest BCUT2D eigenvalue weighted by Gasteiger charge is 2.12. The van der Waals surface area contributed by atoms with Gasteiger partial charge in [0, 0.05) is 19.3 Å². The fourth-order valence-corrected chi connectivity index (χ4v) is 2.13. The first-order chi connectivity index (χ1) is 10.7. The van der Waals surface area contributed by atoms with E-state index in [0.717, 1.165) is 18.9 Å². The Hall–Kier alpha value is -2.63. The SMILES string of the molecule is CCN(CC)c1ccnc(Nc2ccccc2C(=O)OC)n1. The van der Waals surface area contributed by atoms with Crippen molar-refractivity contribution in [2.24, 2.45) is 0 Å². The molecule has 0 amide bonds. The molecule has 2 aromatic rings. The number of carbonyl (C=O) groups excluding carboxylic acids is 1. The maximum Gasteiger partial charge on any atom is 0.339 e. The highest BCUT2D eigenvalue weighted by atomic mass is 16.5. The smallest absolute Gasteiger partial charge is 0.339 e. The van der Waals surface area contributed by atoms with Gasteiger partial charge < -0.3 is 15.0 Å². The van der Waals surface area contributed by atoms with Crippen LogP contribution in [0.5, 0.6) is 0 Å². The van der Waals surface area contributed by atoms with Crippen LogP contribution in [0.15, 0.2) is 36.5 Å². The van der Waals surface area contributed by atoms with Crippen molar-refractivity contribution >= 4 is 23.4 Å². The molecule has 0 radical (unpaired) electrons. The summed E-state index contributed by atoms with van der Waals surface area (Å²) in [5.41, 5.74) is 1.06. The summed E-state index contributed by atoms with van der Waals surface area (Å²) >= 11 is 0. The lowest BCUT2D eigenvalue weighted by Gasteiger charge is -2.20. The molecule has 0 unspecified atom stereocenters. The lowest BCUT2D eigenvalue weighted by Crippen LogP contribution is -2.23. The third kappa shape index (κ3) is 3.52. The van der Waals surface area contributed by atoms with Gasteiger partial charge in [-0.25, -0.2) is 9.78 Å². The molecule has 0 atom stereocenters. The maximum atomic E-state index is 11.8. The van der Waals surface area contributed by atoms with Crippen LogP contribution in [-0.4, -0.2) is 36.1 Å². The quantitative estimate of drug-likeness (QED) is 0.827. The van der Waals surface area contributed by atoms with Crippen molar-refractivity contribution < 1.29 is 9.53 Å². The topological polar surface area (TPSA) is 67.4 Å². The summed E-state index contributed by atoms with van der Waals surface area (Å²) < 4.78 is 4.78. The number of ether oxygens (including phenoxy) is 1. The fourth-order valence-electron chi connectivity index (χ4n) is 2.13. The minimum atomic E-state index is -0.400. The van der Waals surface area contributed by atoms with E-state index < -0.39 is 5.97 Å². The summed E-state index contributed by atoms with van der Waals surface area (Å²) in [5, 5.41) is 3.08. The second-order valence-electron chi connectivity index (χ2n) is 4.57. The van der Waals surface area contributed by atoms with E-state index in [1.54, 1.807) is 24.4 Å². The van der Waals surface area contributed by atoms with Crippen LogP contribution < -0.4 is 10.2 Å². The molecule has 0 aliphatic rings. The van der Waals surface area contributed by atoms with Crippen molar-refractivity contribution in [2.45, 2.75) is 13.8 Å². The van der Waals surface area contributed by atoms with Gasteiger partial charge in [0.15, 0.2) is 0 Å². The zero-order chi connectivity index (χ0) is 15.9. The Bertz CT molecular complexity index is 642. The predicted molar refractivity (Wildman–Crippen MR) is 86.7 cm³/mol. The molecule has 0 saturated heterocycles. The van der Waals surface area contributed by atoms with Crippen LogP contribution in [0.1, 0.15) is 24.2 Å². The number of benzene rings is 1. The number of hydrogen-bond acceptors (Lipinski definition) is 6. The van der Waals surface area contributed by atoms with Crippen LogP contribution >= 0.6 is 0 Å². The molecule has 0 bridgehead atoms. The second kappa shape index (κ2) is 7.40. The van der Waals surface area contributed by atoms with Gasteiger partial charge >= 0.3 is 5.97 Å². The van der Waals surface area contributed by atoms with Gasteiger partial charge in [-0.2, -0.15) is 4.98 Å². The van der Waals surface area contributed by atoms with Crippen molar-refractivity contribution in [3.8, 4) is 0 Å². The number of methoxy groups -OCH3 is 1. The van der Waals surface area contributed by atoms with Crippen molar-refractivity contribution in [2.75, 3.05) is 30.4 Å². The van der Waals surface area contributed by atoms with Gasteiger partial charge in [0.25, 0.3) is 0 Å². The molecule has 2 rings (SSSR count). The van der Waals surface area contributed by atoms with Crippen LogP contribution in [0, 0.1) is 0 Å². The molecule has 1 heterocycles. The molecule has 22 heavy (non-hydrogen) atoms. The number of carbonyl (C=O) groups is 1. The third-order valence-electron chi connectivity index (χ3n) is 3.31. The van der Waals surface area contributed by atoms with E-state index in [-0.39, 0.29) is 0 Å². The van der Waals surface area contributed by atoms with Crippen molar-refractivity contribution in [3.05, 3.63) is 42.1 Å². The Morgan fingerprint density at radius 3 is 2.64 bits per heavy atom. The standard InChI is InChI=1S/C16H20N4O2/c1-4-20(5-2)14-10-11-17-16(19-14)18-13-9-7-6-8-12(13)15(21)22-3/h6-11H,4-5H2,1-3H3,(H,17,18,19). The molecule has 6 heteroatoms. The Morgan fingerprint density at radius 2 is 1.95 bits per heavy atom. The average molecular weight is 300 g/mol. The summed E-state index contributed by atoms with van der Waals surface area (Å²) in [5.74, 6) is 0.891. The Kier molecular flexibility index (Phi) is 5.30. The van der Waals surface area contributed by atoms with E-state index in [0.29, 0.717) is 17.2 Å². The largest absolute Gasteiger partial charge is 0.465 e. The zero-order valence-corrected chi connectivity index (χ0v) is 13.0. The van der Waals surface area contributed by atoms with E-state index >= 15 is 0 Å². The Labute approximate surface area is 130 Å². The highest BCUT2D eigenvalue weighted by Crippen LogP contribution is 2.20. The summed E-state index contributed by atoms with van der Waals surface area (Å²) in [4.78, 5) is 22.6.